The van der Waals surface area contributed by atoms with E-state index in [0.29, 0.717) is 11.7 Å². The summed E-state index contributed by atoms with van der Waals surface area (Å²) in [7, 11) is 1.37. The van der Waals surface area contributed by atoms with Crippen LogP contribution in [0.1, 0.15) is 30.1 Å². The summed E-state index contributed by atoms with van der Waals surface area (Å²) in [4.78, 5) is 11.3. The number of esters is 1. The number of carbonyl (C=O) groups excluding carboxylic acids is 1. The van der Waals surface area contributed by atoms with Crippen molar-refractivity contribution in [2.24, 2.45) is 5.92 Å². The highest BCUT2D eigenvalue weighted by Gasteiger charge is 2.40. The molecule has 0 radical (unpaired) electrons. The highest BCUT2D eigenvalue weighted by molar-refractivity contribution is 5.90. The molecule has 1 aromatic rings. The van der Waals surface area contributed by atoms with Crippen molar-refractivity contribution >= 4 is 11.7 Å². The first-order chi connectivity index (χ1) is 8.29. The Kier molecular flexibility index (Phi) is 2.39. The number of hydrogen-bond donors (Lipinski definition) is 0. The van der Waals surface area contributed by atoms with Gasteiger partial charge in [-0.25, -0.2) is 4.79 Å². The standard InChI is InChI=1S/C14H14O3/c1-16-13(15)8-12-10-4-2-3-5-11(10)14(17-12)9-6-7-9/h2-5,8-9,14H,6-7H2,1H3/b12-8-. The number of rotatable bonds is 2. The smallest absolute Gasteiger partial charge is 0.334 e. The molecular weight excluding hydrogens is 216 g/mol. The monoisotopic (exact) mass is 230 g/mol. The van der Waals surface area contributed by atoms with E-state index in [-0.39, 0.29) is 12.1 Å². The molecule has 1 unspecified atom stereocenters. The number of benzene rings is 1. The van der Waals surface area contributed by atoms with Crippen molar-refractivity contribution in [2.45, 2.75) is 18.9 Å². The van der Waals surface area contributed by atoms with Crippen LogP contribution in [0, 0.1) is 5.92 Å². The maximum atomic E-state index is 11.3. The van der Waals surface area contributed by atoms with Gasteiger partial charge in [0.1, 0.15) is 11.9 Å². The lowest BCUT2D eigenvalue weighted by atomic mass is 10.0. The van der Waals surface area contributed by atoms with Gasteiger partial charge in [0.15, 0.2) is 0 Å². The van der Waals surface area contributed by atoms with Gasteiger partial charge in [0.05, 0.1) is 13.2 Å². The molecular formula is C14H14O3. The van der Waals surface area contributed by atoms with E-state index in [9.17, 15) is 4.79 Å². The van der Waals surface area contributed by atoms with Gasteiger partial charge in [-0.15, -0.1) is 0 Å². The average Bonchev–Trinajstić information content (AvgIpc) is 3.14. The van der Waals surface area contributed by atoms with Gasteiger partial charge in [-0.1, -0.05) is 24.3 Å². The second-order valence-corrected chi connectivity index (χ2v) is 4.49. The number of ether oxygens (including phenoxy) is 2. The lowest BCUT2D eigenvalue weighted by Crippen LogP contribution is -1.98. The first-order valence-electron chi connectivity index (χ1n) is 5.85. The third-order valence-electron chi connectivity index (χ3n) is 3.29. The fourth-order valence-corrected chi connectivity index (χ4v) is 2.26. The molecule has 1 fully saturated rings. The highest BCUT2D eigenvalue weighted by atomic mass is 16.5. The molecule has 1 aliphatic heterocycles. The lowest BCUT2D eigenvalue weighted by Gasteiger charge is -2.09. The molecule has 0 bridgehead atoms. The molecule has 2 aliphatic rings. The van der Waals surface area contributed by atoms with Crippen molar-refractivity contribution in [3.05, 3.63) is 41.5 Å². The Morgan fingerprint density at radius 2 is 2.18 bits per heavy atom. The van der Waals surface area contributed by atoms with Gasteiger partial charge < -0.3 is 9.47 Å². The Bertz CT molecular complexity index is 486. The Hall–Kier alpha value is -1.77. The number of hydrogen-bond acceptors (Lipinski definition) is 3. The molecule has 1 heterocycles. The predicted molar refractivity (Wildman–Crippen MR) is 63.0 cm³/mol. The molecule has 0 amide bonds. The van der Waals surface area contributed by atoms with Gasteiger partial charge in [-0.05, 0) is 12.8 Å². The minimum Gasteiger partial charge on any atom is -0.485 e. The molecule has 0 N–H and O–H groups in total. The first kappa shape index (κ1) is 10.4. The van der Waals surface area contributed by atoms with Crippen LogP contribution >= 0.6 is 0 Å². The largest absolute Gasteiger partial charge is 0.485 e. The van der Waals surface area contributed by atoms with Crippen LogP contribution in [0.15, 0.2) is 30.3 Å². The second-order valence-electron chi connectivity index (χ2n) is 4.49. The third-order valence-corrected chi connectivity index (χ3v) is 3.29. The molecule has 88 valence electrons. The zero-order valence-corrected chi connectivity index (χ0v) is 9.68. The average molecular weight is 230 g/mol. The summed E-state index contributed by atoms with van der Waals surface area (Å²) < 4.78 is 10.5. The van der Waals surface area contributed by atoms with E-state index in [2.05, 4.69) is 10.8 Å². The van der Waals surface area contributed by atoms with Crippen molar-refractivity contribution in [1.29, 1.82) is 0 Å². The van der Waals surface area contributed by atoms with Crippen LogP contribution in [0.2, 0.25) is 0 Å². The zero-order valence-electron chi connectivity index (χ0n) is 9.68. The maximum Gasteiger partial charge on any atom is 0.334 e. The summed E-state index contributed by atoms with van der Waals surface area (Å²) in [5, 5.41) is 0. The highest BCUT2D eigenvalue weighted by Crippen LogP contribution is 2.50. The summed E-state index contributed by atoms with van der Waals surface area (Å²) in [6.07, 6.45) is 3.98. The van der Waals surface area contributed by atoms with Gasteiger partial charge in [0.2, 0.25) is 0 Å². The number of carbonyl (C=O) groups is 1. The molecule has 0 saturated heterocycles. The molecule has 3 nitrogen and oxygen atoms in total. The van der Waals surface area contributed by atoms with Crippen LogP contribution in [0.5, 0.6) is 0 Å². The van der Waals surface area contributed by atoms with Crippen molar-refractivity contribution < 1.29 is 14.3 Å². The van der Waals surface area contributed by atoms with Gasteiger partial charge in [0, 0.05) is 17.0 Å². The first-order valence-corrected chi connectivity index (χ1v) is 5.85. The molecule has 1 aromatic carbocycles. The van der Waals surface area contributed by atoms with Crippen molar-refractivity contribution in [3.63, 3.8) is 0 Å². The van der Waals surface area contributed by atoms with Crippen molar-refractivity contribution in [3.8, 4) is 0 Å². The van der Waals surface area contributed by atoms with Gasteiger partial charge in [-0.2, -0.15) is 0 Å². The molecule has 0 aromatic heterocycles. The Morgan fingerprint density at radius 1 is 1.41 bits per heavy atom. The molecule has 1 saturated carbocycles. The Labute approximate surface area is 100 Å². The number of fused-ring (bicyclic) bond motifs is 1. The topological polar surface area (TPSA) is 35.5 Å². The van der Waals surface area contributed by atoms with Crippen LogP contribution in [-0.4, -0.2) is 13.1 Å². The van der Waals surface area contributed by atoms with Crippen LogP contribution in [-0.2, 0) is 14.3 Å². The maximum absolute atomic E-state index is 11.3. The van der Waals surface area contributed by atoms with Crippen LogP contribution < -0.4 is 0 Å². The van der Waals surface area contributed by atoms with E-state index >= 15 is 0 Å². The van der Waals surface area contributed by atoms with E-state index < -0.39 is 0 Å². The summed E-state index contributed by atoms with van der Waals surface area (Å²) in [5.74, 6) is 0.885. The minimum absolute atomic E-state index is 0.127. The van der Waals surface area contributed by atoms with E-state index in [4.69, 9.17) is 4.74 Å². The predicted octanol–water partition coefficient (Wildman–Crippen LogP) is 2.68. The van der Waals surface area contributed by atoms with Crippen molar-refractivity contribution in [1.82, 2.24) is 0 Å². The second kappa shape index (κ2) is 3.91. The van der Waals surface area contributed by atoms with E-state index in [1.165, 1.54) is 31.6 Å². The molecule has 1 atom stereocenters. The summed E-state index contributed by atoms with van der Waals surface area (Å²) in [6, 6.07) is 8.05. The van der Waals surface area contributed by atoms with E-state index in [1.807, 2.05) is 18.2 Å². The molecule has 3 heteroatoms. The van der Waals surface area contributed by atoms with Crippen LogP contribution in [0.4, 0.5) is 0 Å². The normalized spacial score (nSPS) is 24.3. The molecule has 0 spiro atoms. The third kappa shape index (κ3) is 1.82. The SMILES string of the molecule is COC(=O)/C=C1\OC(C2CC2)c2ccccc21. The fraction of sp³-hybridized carbons (Fsp3) is 0.357. The summed E-state index contributed by atoms with van der Waals surface area (Å²) in [5.41, 5.74) is 2.22. The van der Waals surface area contributed by atoms with Crippen molar-refractivity contribution in [2.75, 3.05) is 7.11 Å². The van der Waals surface area contributed by atoms with Gasteiger partial charge in [-0.3, -0.25) is 0 Å². The van der Waals surface area contributed by atoms with E-state index in [1.54, 1.807) is 0 Å². The summed E-state index contributed by atoms with van der Waals surface area (Å²) >= 11 is 0. The fourth-order valence-electron chi connectivity index (χ4n) is 2.26. The lowest BCUT2D eigenvalue weighted by molar-refractivity contribution is -0.134. The minimum atomic E-state index is -0.369. The van der Waals surface area contributed by atoms with E-state index in [0.717, 1.165) is 5.56 Å². The molecule has 17 heavy (non-hydrogen) atoms. The van der Waals surface area contributed by atoms with Crippen LogP contribution in [0.25, 0.3) is 5.76 Å². The summed E-state index contributed by atoms with van der Waals surface area (Å²) in [6.45, 7) is 0. The van der Waals surface area contributed by atoms with Crippen LogP contribution in [0.3, 0.4) is 0 Å². The number of methoxy groups -OCH3 is 1. The zero-order chi connectivity index (χ0) is 11.8. The Balaban J connectivity index is 1.99. The molecule has 3 rings (SSSR count). The Morgan fingerprint density at radius 3 is 2.88 bits per heavy atom. The van der Waals surface area contributed by atoms with Gasteiger partial charge >= 0.3 is 5.97 Å². The molecule has 1 aliphatic carbocycles. The quantitative estimate of drug-likeness (QED) is 0.579. The van der Waals surface area contributed by atoms with Gasteiger partial charge in [0.25, 0.3) is 0 Å².